The van der Waals surface area contributed by atoms with Crippen LogP contribution in [0.3, 0.4) is 0 Å². The Labute approximate surface area is 145 Å². The van der Waals surface area contributed by atoms with Gasteiger partial charge in [0.2, 0.25) is 5.91 Å². The average Bonchev–Trinajstić information content (AvgIpc) is 2.63. The van der Waals surface area contributed by atoms with Crippen LogP contribution in [-0.4, -0.2) is 31.0 Å². The average molecular weight is 344 g/mol. The third kappa shape index (κ3) is 5.49. The summed E-state index contributed by atoms with van der Waals surface area (Å²) in [5, 5.41) is 2.08. The second kappa shape index (κ2) is 8.68. The van der Waals surface area contributed by atoms with Gasteiger partial charge in [-0.1, -0.05) is 30.3 Å². The number of ether oxygens (including phenoxy) is 2. The number of nitrogens with one attached hydrogen (secondary N) is 2. The number of methoxy groups -OCH3 is 1. The number of carbonyl (C=O) groups is 3. The van der Waals surface area contributed by atoms with Crippen LogP contribution in [0.25, 0.3) is 10.8 Å². The molecule has 2 N–H and O–H groups in total. The molecule has 0 aromatic heterocycles. The van der Waals surface area contributed by atoms with Crippen molar-refractivity contribution in [3.8, 4) is 5.75 Å². The molecule has 0 unspecified atom stereocenters. The lowest BCUT2D eigenvalue weighted by atomic mass is 10.1. The standard InChI is InChI=1S/C18H20N2O5/c1-12(18(23)20-19-16(21)9-10-17(22)24-2)25-15-8-7-13-5-3-4-6-14(13)11-15/h3-8,11-12H,9-10H2,1-2H3,(H,19,21)(H,20,23)/t12-/m1/s1. The van der Waals surface area contributed by atoms with Crippen LogP contribution in [-0.2, 0) is 19.1 Å². The Kier molecular flexibility index (Phi) is 6.33. The van der Waals surface area contributed by atoms with Crippen LogP contribution >= 0.6 is 0 Å². The quantitative estimate of drug-likeness (QED) is 0.615. The summed E-state index contributed by atoms with van der Waals surface area (Å²) in [6, 6.07) is 13.3. The van der Waals surface area contributed by atoms with Gasteiger partial charge in [0.15, 0.2) is 6.10 Å². The molecule has 7 nitrogen and oxygen atoms in total. The number of rotatable bonds is 6. The van der Waals surface area contributed by atoms with Crippen LogP contribution in [0.4, 0.5) is 0 Å². The number of hydrogen-bond donors (Lipinski definition) is 2. The largest absolute Gasteiger partial charge is 0.481 e. The second-order valence-electron chi connectivity index (χ2n) is 5.38. The molecule has 25 heavy (non-hydrogen) atoms. The van der Waals surface area contributed by atoms with E-state index in [0.29, 0.717) is 5.75 Å². The first-order valence-electron chi connectivity index (χ1n) is 7.80. The summed E-state index contributed by atoms with van der Waals surface area (Å²) in [6.45, 7) is 1.57. The van der Waals surface area contributed by atoms with E-state index in [1.54, 1.807) is 13.0 Å². The first kappa shape index (κ1) is 18.3. The van der Waals surface area contributed by atoms with Gasteiger partial charge in [-0.25, -0.2) is 0 Å². The highest BCUT2D eigenvalue weighted by Crippen LogP contribution is 2.21. The van der Waals surface area contributed by atoms with Gasteiger partial charge in [-0.2, -0.15) is 0 Å². The van der Waals surface area contributed by atoms with E-state index in [2.05, 4.69) is 15.6 Å². The smallest absolute Gasteiger partial charge is 0.306 e. The Morgan fingerprint density at radius 2 is 1.72 bits per heavy atom. The van der Waals surface area contributed by atoms with E-state index in [9.17, 15) is 14.4 Å². The minimum absolute atomic E-state index is 0.0542. The minimum Gasteiger partial charge on any atom is -0.481 e. The van der Waals surface area contributed by atoms with Gasteiger partial charge in [0.1, 0.15) is 5.75 Å². The molecule has 0 fully saturated rings. The molecule has 0 aliphatic carbocycles. The van der Waals surface area contributed by atoms with Gasteiger partial charge in [0, 0.05) is 6.42 Å². The van der Waals surface area contributed by atoms with Crippen LogP contribution in [0.15, 0.2) is 42.5 Å². The molecule has 0 radical (unpaired) electrons. The second-order valence-corrected chi connectivity index (χ2v) is 5.38. The zero-order chi connectivity index (χ0) is 18.2. The van der Waals surface area contributed by atoms with Gasteiger partial charge in [-0.15, -0.1) is 0 Å². The molecule has 0 aliphatic rings. The molecule has 7 heteroatoms. The third-order valence-corrected chi connectivity index (χ3v) is 3.51. The fourth-order valence-electron chi connectivity index (χ4n) is 2.11. The molecule has 2 amide bonds. The summed E-state index contributed by atoms with van der Waals surface area (Å²) in [5.74, 6) is -0.927. The van der Waals surface area contributed by atoms with Crippen LogP contribution in [0.5, 0.6) is 5.75 Å². The Morgan fingerprint density at radius 3 is 2.44 bits per heavy atom. The van der Waals surface area contributed by atoms with Crippen LogP contribution in [0, 0.1) is 0 Å². The van der Waals surface area contributed by atoms with Crippen molar-refractivity contribution in [1.29, 1.82) is 0 Å². The summed E-state index contributed by atoms with van der Waals surface area (Å²) in [4.78, 5) is 34.4. The highest BCUT2D eigenvalue weighted by molar-refractivity contribution is 5.86. The lowest BCUT2D eigenvalue weighted by Crippen LogP contribution is -2.47. The van der Waals surface area contributed by atoms with Crippen molar-refractivity contribution in [2.24, 2.45) is 0 Å². The maximum absolute atomic E-state index is 12.0. The van der Waals surface area contributed by atoms with Crippen LogP contribution in [0.2, 0.25) is 0 Å². The van der Waals surface area contributed by atoms with Crippen LogP contribution < -0.4 is 15.6 Å². The molecule has 1 atom stereocenters. The first-order chi connectivity index (χ1) is 12.0. The van der Waals surface area contributed by atoms with Crippen molar-refractivity contribution >= 4 is 28.6 Å². The molecule has 132 valence electrons. The Balaban J connectivity index is 1.82. The van der Waals surface area contributed by atoms with E-state index in [0.717, 1.165) is 10.8 Å². The Bertz CT molecular complexity index is 775. The SMILES string of the molecule is COC(=O)CCC(=O)NNC(=O)[C@@H](C)Oc1ccc2ccccc2c1. The molecule has 2 rings (SSSR count). The number of carbonyl (C=O) groups excluding carboxylic acids is 3. The van der Waals surface area contributed by atoms with E-state index in [1.165, 1.54) is 7.11 Å². The lowest BCUT2D eigenvalue weighted by molar-refractivity contribution is -0.142. The molecule has 0 saturated heterocycles. The number of hydrogen-bond acceptors (Lipinski definition) is 5. The van der Waals surface area contributed by atoms with Gasteiger partial charge in [-0.05, 0) is 29.8 Å². The molecule has 0 heterocycles. The molecule has 0 saturated carbocycles. The highest BCUT2D eigenvalue weighted by Gasteiger charge is 2.16. The molecule has 0 aliphatic heterocycles. The van der Waals surface area contributed by atoms with Crippen molar-refractivity contribution in [2.45, 2.75) is 25.9 Å². The van der Waals surface area contributed by atoms with Gasteiger partial charge < -0.3 is 9.47 Å². The topological polar surface area (TPSA) is 93.7 Å². The maximum Gasteiger partial charge on any atom is 0.306 e. The van der Waals surface area contributed by atoms with E-state index in [-0.39, 0.29) is 12.8 Å². The van der Waals surface area contributed by atoms with Gasteiger partial charge >= 0.3 is 5.97 Å². The van der Waals surface area contributed by atoms with Gasteiger partial charge in [-0.3, -0.25) is 25.2 Å². The van der Waals surface area contributed by atoms with Crippen molar-refractivity contribution in [2.75, 3.05) is 7.11 Å². The number of amides is 2. The zero-order valence-electron chi connectivity index (χ0n) is 14.1. The number of fused-ring (bicyclic) bond motifs is 1. The van der Waals surface area contributed by atoms with E-state index < -0.39 is 23.9 Å². The molecule has 0 spiro atoms. The van der Waals surface area contributed by atoms with Gasteiger partial charge in [0.25, 0.3) is 5.91 Å². The molecular formula is C18H20N2O5. The highest BCUT2D eigenvalue weighted by atomic mass is 16.5. The van der Waals surface area contributed by atoms with Gasteiger partial charge in [0.05, 0.1) is 13.5 Å². The summed E-state index contributed by atoms with van der Waals surface area (Å²) in [7, 11) is 1.24. The van der Waals surface area contributed by atoms with Crippen molar-refractivity contribution in [3.05, 3.63) is 42.5 Å². The lowest BCUT2D eigenvalue weighted by Gasteiger charge is -2.15. The fraction of sp³-hybridized carbons (Fsp3) is 0.278. The normalized spacial score (nSPS) is 11.4. The molecular weight excluding hydrogens is 324 g/mol. The maximum atomic E-state index is 12.0. The molecule has 2 aromatic rings. The summed E-state index contributed by atoms with van der Waals surface area (Å²) in [6.07, 6.45) is -0.934. The predicted octanol–water partition coefficient (Wildman–Crippen LogP) is 1.71. The molecule has 2 aromatic carbocycles. The van der Waals surface area contributed by atoms with E-state index in [1.807, 2.05) is 36.4 Å². The number of esters is 1. The monoisotopic (exact) mass is 344 g/mol. The van der Waals surface area contributed by atoms with Crippen molar-refractivity contribution < 1.29 is 23.9 Å². The predicted molar refractivity (Wildman–Crippen MR) is 91.6 cm³/mol. The third-order valence-electron chi connectivity index (χ3n) is 3.51. The fourth-order valence-corrected chi connectivity index (χ4v) is 2.11. The minimum atomic E-state index is -0.804. The summed E-state index contributed by atoms with van der Waals surface area (Å²) >= 11 is 0. The summed E-state index contributed by atoms with van der Waals surface area (Å²) in [5.41, 5.74) is 4.50. The Hall–Kier alpha value is -3.09. The van der Waals surface area contributed by atoms with Crippen molar-refractivity contribution in [3.63, 3.8) is 0 Å². The first-order valence-corrected chi connectivity index (χ1v) is 7.80. The molecule has 0 bridgehead atoms. The number of hydrazine groups is 1. The zero-order valence-corrected chi connectivity index (χ0v) is 14.1. The van der Waals surface area contributed by atoms with E-state index in [4.69, 9.17) is 4.74 Å². The van der Waals surface area contributed by atoms with E-state index >= 15 is 0 Å². The van der Waals surface area contributed by atoms with Crippen molar-refractivity contribution in [1.82, 2.24) is 10.9 Å². The summed E-state index contributed by atoms with van der Waals surface area (Å²) < 4.78 is 10.0. The number of benzene rings is 2. The Morgan fingerprint density at radius 1 is 1.00 bits per heavy atom. The van der Waals surface area contributed by atoms with Crippen LogP contribution in [0.1, 0.15) is 19.8 Å².